The second kappa shape index (κ2) is 6.87. The van der Waals surface area contributed by atoms with Gasteiger partial charge < -0.3 is 5.73 Å². The highest BCUT2D eigenvalue weighted by atomic mass is 32.2. The van der Waals surface area contributed by atoms with E-state index in [1.54, 1.807) is 23.5 Å². The van der Waals surface area contributed by atoms with Crippen LogP contribution in [-0.2, 0) is 0 Å². The minimum atomic E-state index is -0.189. The summed E-state index contributed by atoms with van der Waals surface area (Å²) in [5.41, 5.74) is 7.99. The first-order valence-corrected chi connectivity index (χ1v) is 7.99. The Kier molecular flexibility index (Phi) is 5.16. The van der Waals surface area contributed by atoms with Crippen molar-refractivity contribution in [2.75, 3.05) is 17.2 Å². The summed E-state index contributed by atoms with van der Waals surface area (Å²) in [6.07, 6.45) is 0. The summed E-state index contributed by atoms with van der Waals surface area (Å²) in [5, 5.41) is 0. The molecule has 0 radical (unpaired) electrons. The van der Waals surface area contributed by atoms with Gasteiger partial charge in [0.15, 0.2) is 0 Å². The third-order valence-electron chi connectivity index (χ3n) is 2.59. The number of nitrogens with two attached hydrogens (primary N) is 1. The van der Waals surface area contributed by atoms with Crippen molar-refractivity contribution < 1.29 is 4.39 Å². The van der Waals surface area contributed by atoms with E-state index in [2.05, 4.69) is 13.0 Å². The highest BCUT2D eigenvalue weighted by Crippen LogP contribution is 2.28. The molecule has 0 amide bonds. The van der Waals surface area contributed by atoms with Crippen molar-refractivity contribution in [3.05, 3.63) is 53.8 Å². The van der Waals surface area contributed by atoms with Crippen LogP contribution in [0.25, 0.3) is 0 Å². The maximum absolute atomic E-state index is 12.8. The summed E-state index contributed by atoms with van der Waals surface area (Å²) in [5.74, 6) is 1.77. The maximum Gasteiger partial charge on any atom is 0.123 e. The molecule has 0 fully saturated rings. The van der Waals surface area contributed by atoms with Crippen molar-refractivity contribution in [1.29, 1.82) is 0 Å². The van der Waals surface area contributed by atoms with Crippen LogP contribution < -0.4 is 5.73 Å². The standard InChI is InChI=1S/C15H16FNS2/c1-11-2-7-14(17)15(10-11)19-9-8-18-13-5-3-12(16)4-6-13/h2-7,10H,8-9,17H2,1H3. The summed E-state index contributed by atoms with van der Waals surface area (Å²) in [6, 6.07) is 12.7. The molecule has 2 rings (SSSR count). The zero-order valence-electron chi connectivity index (χ0n) is 10.7. The van der Waals surface area contributed by atoms with Crippen molar-refractivity contribution in [2.24, 2.45) is 0 Å². The quantitative estimate of drug-likeness (QED) is 0.495. The van der Waals surface area contributed by atoms with Crippen LogP contribution in [0, 0.1) is 12.7 Å². The van der Waals surface area contributed by atoms with Crippen molar-refractivity contribution in [1.82, 2.24) is 0 Å². The SMILES string of the molecule is Cc1ccc(N)c(SCCSc2ccc(F)cc2)c1. The van der Waals surface area contributed by atoms with Gasteiger partial charge in [0.25, 0.3) is 0 Å². The van der Waals surface area contributed by atoms with E-state index in [1.165, 1.54) is 17.7 Å². The Bertz CT molecular complexity index is 540. The van der Waals surface area contributed by atoms with Gasteiger partial charge in [-0.1, -0.05) is 6.07 Å². The molecule has 0 aliphatic carbocycles. The van der Waals surface area contributed by atoms with Crippen LogP contribution in [0.15, 0.2) is 52.3 Å². The van der Waals surface area contributed by atoms with E-state index in [1.807, 2.05) is 24.3 Å². The molecule has 19 heavy (non-hydrogen) atoms. The fourth-order valence-electron chi connectivity index (χ4n) is 1.61. The van der Waals surface area contributed by atoms with Gasteiger partial charge in [0.1, 0.15) is 5.82 Å². The van der Waals surface area contributed by atoms with Gasteiger partial charge >= 0.3 is 0 Å². The number of halogens is 1. The highest BCUT2D eigenvalue weighted by Gasteiger charge is 2.01. The monoisotopic (exact) mass is 293 g/mol. The molecule has 0 spiro atoms. The first-order chi connectivity index (χ1) is 9.15. The number of benzene rings is 2. The topological polar surface area (TPSA) is 26.0 Å². The number of aryl methyl sites for hydroxylation is 1. The number of hydrogen-bond acceptors (Lipinski definition) is 3. The summed E-state index contributed by atoms with van der Waals surface area (Å²) in [4.78, 5) is 2.24. The van der Waals surface area contributed by atoms with Crippen LogP contribution in [0.3, 0.4) is 0 Å². The maximum atomic E-state index is 12.8. The third kappa shape index (κ3) is 4.48. The molecular formula is C15H16FNS2. The minimum Gasteiger partial charge on any atom is -0.398 e. The molecule has 0 unspecified atom stereocenters. The zero-order valence-corrected chi connectivity index (χ0v) is 12.4. The number of hydrogen-bond donors (Lipinski definition) is 1. The van der Waals surface area contributed by atoms with Gasteiger partial charge in [-0.25, -0.2) is 4.39 Å². The zero-order chi connectivity index (χ0) is 13.7. The summed E-state index contributed by atoms with van der Waals surface area (Å²) in [7, 11) is 0. The van der Waals surface area contributed by atoms with Crippen molar-refractivity contribution in [2.45, 2.75) is 16.7 Å². The molecule has 4 heteroatoms. The van der Waals surface area contributed by atoms with Gasteiger partial charge in [0.05, 0.1) is 0 Å². The summed E-state index contributed by atoms with van der Waals surface area (Å²) < 4.78 is 12.8. The average molecular weight is 293 g/mol. The van der Waals surface area contributed by atoms with Crippen LogP contribution in [0.5, 0.6) is 0 Å². The fraction of sp³-hybridized carbons (Fsp3) is 0.200. The molecular weight excluding hydrogens is 277 g/mol. The lowest BCUT2D eigenvalue weighted by molar-refractivity contribution is 0.626. The lowest BCUT2D eigenvalue weighted by Crippen LogP contribution is -1.91. The Hall–Kier alpha value is -1.13. The first kappa shape index (κ1) is 14.3. The number of rotatable bonds is 5. The Morgan fingerprint density at radius 2 is 1.68 bits per heavy atom. The Morgan fingerprint density at radius 1 is 1.00 bits per heavy atom. The predicted molar refractivity (Wildman–Crippen MR) is 83.4 cm³/mol. The highest BCUT2D eigenvalue weighted by molar-refractivity contribution is 8.03. The van der Waals surface area contributed by atoms with E-state index < -0.39 is 0 Å². The van der Waals surface area contributed by atoms with E-state index in [4.69, 9.17) is 5.73 Å². The van der Waals surface area contributed by atoms with E-state index in [9.17, 15) is 4.39 Å². The summed E-state index contributed by atoms with van der Waals surface area (Å²) >= 11 is 3.49. The van der Waals surface area contributed by atoms with Gasteiger partial charge in [-0.05, 0) is 48.9 Å². The average Bonchev–Trinajstić information content (AvgIpc) is 2.40. The summed E-state index contributed by atoms with van der Waals surface area (Å²) in [6.45, 7) is 2.07. The van der Waals surface area contributed by atoms with Crippen molar-refractivity contribution in [3.8, 4) is 0 Å². The molecule has 0 saturated carbocycles. The Labute approximate surface area is 121 Å². The van der Waals surface area contributed by atoms with Crippen LogP contribution in [0.2, 0.25) is 0 Å². The van der Waals surface area contributed by atoms with E-state index in [0.29, 0.717) is 0 Å². The van der Waals surface area contributed by atoms with Crippen LogP contribution >= 0.6 is 23.5 Å². The predicted octanol–water partition coefficient (Wildman–Crippen LogP) is 4.60. The molecule has 2 N–H and O–H groups in total. The molecule has 0 bridgehead atoms. The molecule has 0 aliphatic heterocycles. The fourth-order valence-corrected chi connectivity index (χ4v) is 3.56. The third-order valence-corrected chi connectivity index (χ3v) is 4.94. The Balaban J connectivity index is 1.80. The van der Waals surface area contributed by atoms with Crippen LogP contribution in [0.1, 0.15) is 5.56 Å². The smallest absolute Gasteiger partial charge is 0.123 e. The van der Waals surface area contributed by atoms with Gasteiger partial charge in [-0.3, -0.25) is 0 Å². The molecule has 2 aromatic rings. The molecule has 0 heterocycles. The molecule has 0 saturated heterocycles. The molecule has 0 aromatic heterocycles. The van der Waals surface area contributed by atoms with Gasteiger partial charge in [-0.15, -0.1) is 23.5 Å². The molecule has 0 atom stereocenters. The second-order valence-corrected chi connectivity index (χ2v) is 6.50. The largest absolute Gasteiger partial charge is 0.398 e. The normalized spacial score (nSPS) is 10.6. The molecule has 2 aromatic carbocycles. The van der Waals surface area contributed by atoms with Crippen LogP contribution in [0.4, 0.5) is 10.1 Å². The van der Waals surface area contributed by atoms with Gasteiger partial charge in [-0.2, -0.15) is 0 Å². The second-order valence-electron chi connectivity index (χ2n) is 4.19. The lowest BCUT2D eigenvalue weighted by atomic mass is 10.2. The molecule has 1 nitrogen and oxygen atoms in total. The number of nitrogen functional groups attached to an aromatic ring is 1. The lowest BCUT2D eigenvalue weighted by Gasteiger charge is -2.06. The van der Waals surface area contributed by atoms with E-state index >= 15 is 0 Å². The number of thioether (sulfide) groups is 2. The first-order valence-electron chi connectivity index (χ1n) is 6.02. The van der Waals surface area contributed by atoms with E-state index in [-0.39, 0.29) is 5.82 Å². The Morgan fingerprint density at radius 3 is 2.42 bits per heavy atom. The minimum absolute atomic E-state index is 0.189. The van der Waals surface area contributed by atoms with E-state index in [0.717, 1.165) is 27.0 Å². The van der Waals surface area contributed by atoms with Gasteiger partial charge in [0.2, 0.25) is 0 Å². The molecule has 100 valence electrons. The molecule has 0 aliphatic rings. The number of anilines is 1. The van der Waals surface area contributed by atoms with Crippen LogP contribution in [-0.4, -0.2) is 11.5 Å². The van der Waals surface area contributed by atoms with Gasteiger partial charge in [0, 0.05) is 27.0 Å². The van der Waals surface area contributed by atoms with Crippen molar-refractivity contribution >= 4 is 29.2 Å². The van der Waals surface area contributed by atoms with Crippen molar-refractivity contribution in [3.63, 3.8) is 0 Å².